The van der Waals surface area contributed by atoms with Gasteiger partial charge in [-0.05, 0) is 48.4 Å². The summed E-state index contributed by atoms with van der Waals surface area (Å²) in [6, 6.07) is 13.6. The molecule has 0 amide bonds. The fourth-order valence-corrected chi connectivity index (χ4v) is 3.46. The van der Waals surface area contributed by atoms with Crippen molar-refractivity contribution in [2.75, 3.05) is 11.9 Å². The number of hydrogen-bond acceptors (Lipinski definition) is 4. The predicted octanol–water partition coefficient (Wildman–Crippen LogP) is 4.59. The van der Waals surface area contributed by atoms with E-state index in [9.17, 15) is 9.35 Å². The van der Waals surface area contributed by atoms with Crippen molar-refractivity contribution in [1.29, 1.82) is 0 Å². The summed E-state index contributed by atoms with van der Waals surface area (Å²) in [6.45, 7) is 0.961. The van der Waals surface area contributed by atoms with Gasteiger partial charge in [0.15, 0.2) is 0 Å². The van der Waals surface area contributed by atoms with Crippen LogP contribution in [0.4, 0.5) is 5.69 Å². The van der Waals surface area contributed by atoms with Gasteiger partial charge in [-0.25, -0.2) is 0 Å². The molecule has 1 saturated carbocycles. The van der Waals surface area contributed by atoms with Gasteiger partial charge < -0.3 is 14.4 Å². The molecule has 4 rings (SSSR count). The van der Waals surface area contributed by atoms with Crippen LogP contribution in [0.1, 0.15) is 12.8 Å². The number of aromatic nitrogens is 1. The van der Waals surface area contributed by atoms with Crippen LogP contribution >= 0.6 is 12.0 Å². The van der Waals surface area contributed by atoms with Gasteiger partial charge in [0, 0.05) is 58.9 Å². The fourth-order valence-electron chi connectivity index (χ4n) is 3.16. The van der Waals surface area contributed by atoms with Crippen molar-refractivity contribution in [3.63, 3.8) is 0 Å². The molecule has 3 aromatic rings. The average molecular weight is 352 g/mol. The first-order chi connectivity index (χ1) is 12.2. The minimum absolute atomic E-state index is 0.000438. The Balaban J connectivity index is 1.92. The smallest absolute Gasteiger partial charge is 0.258 e. The molecule has 0 spiro atoms. The zero-order valence-corrected chi connectivity index (χ0v) is 14.8. The number of nitrogens with zero attached hydrogens (tertiary/aromatic N) is 1. The van der Waals surface area contributed by atoms with E-state index in [2.05, 4.69) is 5.32 Å². The molecule has 0 unspecified atom stereocenters. The van der Waals surface area contributed by atoms with Crippen LogP contribution in [0.3, 0.4) is 0 Å². The summed E-state index contributed by atoms with van der Waals surface area (Å²) >= 11 is 0.740. The lowest BCUT2D eigenvalue weighted by atomic mass is 9.99. The van der Waals surface area contributed by atoms with Gasteiger partial charge in [0.05, 0.1) is 0 Å². The molecule has 1 aromatic heterocycles. The number of aryl methyl sites for hydroxylation is 1. The topological polar surface area (TPSA) is 54.3 Å². The van der Waals surface area contributed by atoms with E-state index in [0.29, 0.717) is 5.39 Å². The molecule has 0 radical (unpaired) electrons. The molecule has 1 fully saturated rings. The van der Waals surface area contributed by atoms with Crippen LogP contribution in [0.25, 0.3) is 21.9 Å². The van der Waals surface area contributed by atoms with E-state index in [0.717, 1.165) is 51.6 Å². The summed E-state index contributed by atoms with van der Waals surface area (Å²) in [5.74, 6) is 0.761. The highest BCUT2D eigenvalue weighted by Crippen LogP contribution is 2.36. The number of hydrogen-bond donors (Lipinski definition) is 2. The summed E-state index contributed by atoms with van der Waals surface area (Å²) in [5, 5.41) is 5.18. The van der Waals surface area contributed by atoms with Crippen LogP contribution in [-0.4, -0.2) is 15.7 Å². The Labute approximate surface area is 150 Å². The van der Waals surface area contributed by atoms with Crippen LogP contribution in [-0.2, 0) is 7.05 Å². The van der Waals surface area contributed by atoms with Gasteiger partial charge in [0.25, 0.3) is 5.56 Å². The summed E-state index contributed by atoms with van der Waals surface area (Å²) in [5.41, 5.74) is 3.03. The normalized spacial score (nSPS) is 14.0. The Bertz CT molecular complexity index is 993. The van der Waals surface area contributed by atoms with Crippen LogP contribution in [0.5, 0.6) is 0 Å². The molecule has 1 heterocycles. The highest BCUT2D eigenvalue weighted by molar-refractivity contribution is 7.93. The Morgan fingerprint density at radius 1 is 1.16 bits per heavy atom. The molecule has 2 N–H and O–H groups in total. The van der Waals surface area contributed by atoms with E-state index >= 15 is 0 Å². The first-order valence-electron chi connectivity index (χ1n) is 8.45. The molecule has 128 valence electrons. The van der Waals surface area contributed by atoms with Gasteiger partial charge >= 0.3 is 0 Å². The maximum atomic E-state index is 12.4. The molecule has 5 heteroatoms. The monoisotopic (exact) mass is 352 g/mol. The molecule has 0 aliphatic heterocycles. The Morgan fingerprint density at radius 2 is 1.92 bits per heavy atom. The van der Waals surface area contributed by atoms with Gasteiger partial charge in [0.2, 0.25) is 0 Å². The third-order valence-electron chi connectivity index (χ3n) is 4.76. The third-order valence-corrected chi connectivity index (χ3v) is 5.22. The quantitative estimate of drug-likeness (QED) is 0.659. The molecular formula is C20H20N2O2S. The fraction of sp³-hybridized carbons (Fsp3) is 0.250. The van der Waals surface area contributed by atoms with E-state index in [4.69, 9.17) is 0 Å². The van der Waals surface area contributed by atoms with E-state index in [1.54, 1.807) is 11.6 Å². The second-order valence-electron chi connectivity index (χ2n) is 6.63. The van der Waals surface area contributed by atoms with Crippen LogP contribution in [0, 0.1) is 5.92 Å². The number of nitrogens with one attached hydrogen (secondary N) is 1. The number of rotatable bonds is 5. The molecule has 0 bridgehead atoms. The Hall–Kier alpha value is -2.24. The summed E-state index contributed by atoms with van der Waals surface area (Å²) < 4.78 is 11.1. The van der Waals surface area contributed by atoms with Gasteiger partial charge in [-0.3, -0.25) is 4.79 Å². The largest absolute Gasteiger partial charge is 0.384 e. The highest BCUT2D eigenvalue weighted by Gasteiger charge is 2.21. The van der Waals surface area contributed by atoms with Crippen molar-refractivity contribution < 1.29 is 4.55 Å². The first kappa shape index (κ1) is 16.2. The third kappa shape index (κ3) is 3.17. The van der Waals surface area contributed by atoms with Crippen LogP contribution in [0.15, 0.2) is 58.4 Å². The summed E-state index contributed by atoms with van der Waals surface area (Å²) in [6.07, 6.45) is 4.46. The van der Waals surface area contributed by atoms with Crippen molar-refractivity contribution >= 4 is 28.5 Å². The summed E-state index contributed by atoms with van der Waals surface area (Å²) in [4.78, 5) is 13.2. The molecule has 0 atom stereocenters. The molecule has 4 nitrogen and oxygen atoms in total. The Morgan fingerprint density at radius 3 is 2.64 bits per heavy atom. The number of pyridine rings is 1. The molecule has 1 aliphatic carbocycles. The number of fused-ring (bicyclic) bond motifs is 1. The van der Waals surface area contributed by atoms with Crippen molar-refractivity contribution in [1.82, 2.24) is 4.57 Å². The van der Waals surface area contributed by atoms with Crippen molar-refractivity contribution in [3.05, 3.63) is 59.0 Å². The van der Waals surface area contributed by atoms with Crippen molar-refractivity contribution in [3.8, 4) is 11.1 Å². The summed E-state index contributed by atoms with van der Waals surface area (Å²) in [7, 11) is 1.78. The molecule has 1 aliphatic rings. The second kappa shape index (κ2) is 6.58. The van der Waals surface area contributed by atoms with Gasteiger partial charge in [-0.1, -0.05) is 18.2 Å². The maximum Gasteiger partial charge on any atom is 0.258 e. The minimum Gasteiger partial charge on any atom is -0.384 e. The van der Waals surface area contributed by atoms with Gasteiger partial charge in [-0.15, -0.1) is 0 Å². The Kier molecular flexibility index (Phi) is 4.27. The van der Waals surface area contributed by atoms with Gasteiger partial charge in [0.1, 0.15) is 0 Å². The second-order valence-corrected chi connectivity index (χ2v) is 7.28. The van der Waals surface area contributed by atoms with Crippen LogP contribution < -0.4 is 10.9 Å². The lowest BCUT2D eigenvalue weighted by Crippen LogP contribution is -2.16. The molecular weight excluding hydrogens is 332 g/mol. The maximum absolute atomic E-state index is 12.4. The van der Waals surface area contributed by atoms with E-state index < -0.39 is 0 Å². The standard InChI is InChI=1S/C20H20N2O2S/c1-22-12-18(15-4-2-3-5-16(15)20(22)23)17-10-14(25-24)8-9-19(17)21-11-13-6-7-13/h2-5,8-10,12-13,21,24H,6-7,11H2,1H3. The number of anilines is 1. The molecule has 25 heavy (non-hydrogen) atoms. The van der Waals surface area contributed by atoms with E-state index in [1.807, 2.05) is 48.7 Å². The molecule has 2 aromatic carbocycles. The molecule has 0 saturated heterocycles. The van der Waals surface area contributed by atoms with Crippen molar-refractivity contribution in [2.45, 2.75) is 17.7 Å². The first-order valence-corrected chi connectivity index (χ1v) is 9.23. The zero-order valence-electron chi connectivity index (χ0n) is 14.0. The highest BCUT2D eigenvalue weighted by atomic mass is 32.2. The van der Waals surface area contributed by atoms with E-state index in [-0.39, 0.29) is 5.56 Å². The van der Waals surface area contributed by atoms with Crippen LogP contribution in [0.2, 0.25) is 0 Å². The van der Waals surface area contributed by atoms with Gasteiger partial charge in [-0.2, -0.15) is 0 Å². The lowest BCUT2D eigenvalue weighted by molar-refractivity contribution is 0.664. The number of benzene rings is 2. The average Bonchev–Trinajstić information content (AvgIpc) is 3.47. The van der Waals surface area contributed by atoms with Crippen molar-refractivity contribution in [2.24, 2.45) is 13.0 Å². The lowest BCUT2D eigenvalue weighted by Gasteiger charge is -2.16. The van der Waals surface area contributed by atoms with E-state index in [1.165, 1.54) is 12.8 Å². The SMILES string of the molecule is Cn1cc(-c2cc(SO)ccc2NCC2CC2)c2ccccc2c1=O. The zero-order chi connectivity index (χ0) is 17.4. The minimum atomic E-state index is -0.000438. The predicted molar refractivity (Wildman–Crippen MR) is 104 cm³/mol.